The number of hydrogen-bond donors (Lipinski definition) is 3. The first kappa shape index (κ1) is 21.2. The molecule has 0 aromatic heterocycles. The largest absolute Gasteiger partial charge is 0.497 e. The van der Waals surface area contributed by atoms with Crippen LogP contribution in [0.25, 0.3) is 0 Å². The Kier molecular flexibility index (Phi) is 7.52. The Hall–Kier alpha value is -2.54. The average Bonchev–Trinajstić information content (AvgIpc) is 3.22. The maximum Gasteiger partial charge on any atom is 0.164 e. The lowest BCUT2D eigenvalue weighted by molar-refractivity contribution is 0.351. The Labute approximate surface area is 173 Å². The molecule has 0 saturated carbocycles. The summed E-state index contributed by atoms with van der Waals surface area (Å²) in [5.74, 6) is 2.85. The lowest BCUT2D eigenvalue weighted by Gasteiger charge is -2.20. The zero-order valence-corrected chi connectivity index (χ0v) is 17.5. The normalized spacial score (nSPS) is 18.4. The number of allylic oxidation sites excluding steroid dienone is 1. The number of rotatable bonds is 10. The maximum atomic E-state index is 5.52. The first-order valence-corrected chi connectivity index (χ1v) is 9.87. The van der Waals surface area contributed by atoms with Crippen molar-refractivity contribution in [2.75, 3.05) is 34.4 Å². The fraction of sp³-hybridized carbons (Fsp3) is 0.391. The van der Waals surface area contributed by atoms with Gasteiger partial charge in [0.2, 0.25) is 0 Å². The third-order valence-corrected chi connectivity index (χ3v) is 5.28. The molecule has 6 nitrogen and oxygen atoms in total. The predicted molar refractivity (Wildman–Crippen MR) is 116 cm³/mol. The Morgan fingerprint density at radius 3 is 2.55 bits per heavy atom. The highest BCUT2D eigenvalue weighted by Crippen LogP contribution is 2.33. The second-order valence-corrected chi connectivity index (χ2v) is 7.15. The van der Waals surface area contributed by atoms with Gasteiger partial charge < -0.3 is 19.5 Å². The van der Waals surface area contributed by atoms with Crippen molar-refractivity contribution in [3.8, 4) is 17.2 Å². The number of benzene rings is 2. The molecule has 1 aliphatic rings. The molecule has 1 aliphatic heterocycles. The molecule has 0 bridgehead atoms. The van der Waals surface area contributed by atoms with Gasteiger partial charge in [-0.2, -0.15) is 0 Å². The summed E-state index contributed by atoms with van der Waals surface area (Å²) >= 11 is 0. The van der Waals surface area contributed by atoms with E-state index in [0.29, 0.717) is 5.92 Å². The smallest absolute Gasteiger partial charge is 0.164 e. The van der Waals surface area contributed by atoms with Gasteiger partial charge in [0.05, 0.1) is 27.4 Å². The van der Waals surface area contributed by atoms with Crippen LogP contribution in [0, 0.1) is 5.92 Å². The molecule has 1 fully saturated rings. The van der Waals surface area contributed by atoms with Crippen molar-refractivity contribution in [1.29, 1.82) is 0 Å². The van der Waals surface area contributed by atoms with E-state index in [4.69, 9.17) is 14.2 Å². The summed E-state index contributed by atoms with van der Waals surface area (Å²) in [5, 5.41) is 3.60. The molecule has 2 atom stereocenters. The minimum absolute atomic E-state index is 0.259. The molecule has 0 aliphatic carbocycles. The van der Waals surface area contributed by atoms with Crippen LogP contribution in [0.2, 0.25) is 0 Å². The summed E-state index contributed by atoms with van der Waals surface area (Å²) in [7, 11) is 5.02. The molecule has 1 heterocycles. The summed E-state index contributed by atoms with van der Waals surface area (Å²) in [4.78, 5) is 0. The molecule has 3 N–H and O–H groups in total. The first-order chi connectivity index (χ1) is 14.2. The Balaban J connectivity index is 1.64. The Morgan fingerprint density at radius 2 is 1.90 bits per heavy atom. The van der Waals surface area contributed by atoms with Crippen LogP contribution in [0.4, 0.5) is 0 Å². The molecule has 2 aromatic rings. The van der Waals surface area contributed by atoms with E-state index >= 15 is 0 Å². The minimum Gasteiger partial charge on any atom is -0.497 e. The van der Waals surface area contributed by atoms with Gasteiger partial charge in [0, 0.05) is 31.1 Å². The topological polar surface area (TPSA) is 63.8 Å². The van der Waals surface area contributed by atoms with E-state index in [1.165, 1.54) is 11.1 Å². The van der Waals surface area contributed by atoms with E-state index < -0.39 is 0 Å². The van der Waals surface area contributed by atoms with Gasteiger partial charge in [0.15, 0.2) is 11.5 Å². The van der Waals surface area contributed by atoms with Gasteiger partial charge >= 0.3 is 0 Å². The Morgan fingerprint density at radius 1 is 1.10 bits per heavy atom. The van der Waals surface area contributed by atoms with E-state index in [2.05, 4.69) is 40.9 Å². The first-order valence-electron chi connectivity index (χ1n) is 9.87. The van der Waals surface area contributed by atoms with Crippen LogP contribution < -0.4 is 30.4 Å². The SMILES string of the molecule is C=CCc1cc(CNCC2CNNC2c2ccc(OC)cc2)cc(OC)c1OC. The summed E-state index contributed by atoms with van der Waals surface area (Å²) in [6, 6.07) is 12.7. The summed E-state index contributed by atoms with van der Waals surface area (Å²) in [5.41, 5.74) is 10.2. The zero-order valence-electron chi connectivity index (χ0n) is 17.5. The van der Waals surface area contributed by atoms with Gasteiger partial charge in [-0.25, -0.2) is 5.43 Å². The molecule has 6 heteroatoms. The summed E-state index contributed by atoms with van der Waals surface area (Å²) in [6.45, 7) is 6.41. The molecule has 2 aromatic carbocycles. The van der Waals surface area contributed by atoms with Crippen LogP contribution in [-0.2, 0) is 13.0 Å². The monoisotopic (exact) mass is 397 g/mol. The number of ether oxygens (including phenoxy) is 3. The standard InChI is InChI=1S/C23H31N3O3/c1-5-6-18-11-16(12-21(28-3)23(18)29-4)13-24-14-19-15-25-26-22(19)17-7-9-20(27-2)10-8-17/h5,7-12,19,22,24-26H,1,6,13-15H2,2-4H3. The number of hydrazine groups is 1. The fourth-order valence-corrected chi connectivity index (χ4v) is 3.81. The van der Waals surface area contributed by atoms with Gasteiger partial charge in [0.25, 0.3) is 0 Å². The van der Waals surface area contributed by atoms with Gasteiger partial charge in [-0.1, -0.05) is 24.3 Å². The maximum absolute atomic E-state index is 5.52. The highest BCUT2D eigenvalue weighted by molar-refractivity contribution is 5.50. The molecule has 0 radical (unpaired) electrons. The molecule has 3 rings (SSSR count). The van der Waals surface area contributed by atoms with E-state index in [1.807, 2.05) is 24.3 Å². The molecule has 0 spiro atoms. The van der Waals surface area contributed by atoms with Gasteiger partial charge in [0.1, 0.15) is 5.75 Å². The van der Waals surface area contributed by atoms with E-state index in [9.17, 15) is 0 Å². The zero-order chi connectivity index (χ0) is 20.6. The summed E-state index contributed by atoms with van der Waals surface area (Å²) in [6.07, 6.45) is 2.62. The highest BCUT2D eigenvalue weighted by Gasteiger charge is 2.27. The van der Waals surface area contributed by atoms with E-state index in [-0.39, 0.29) is 6.04 Å². The summed E-state index contributed by atoms with van der Waals surface area (Å²) < 4.78 is 16.3. The third-order valence-electron chi connectivity index (χ3n) is 5.28. The predicted octanol–water partition coefficient (Wildman–Crippen LogP) is 3.00. The van der Waals surface area contributed by atoms with Crippen molar-refractivity contribution in [2.24, 2.45) is 5.92 Å². The number of nitrogens with one attached hydrogen (secondary N) is 3. The third kappa shape index (κ3) is 5.09. The highest BCUT2D eigenvalue weighted by atomic mass is 16.5. The number of hydrogen-bond acceptors (Lipinski definition) is 6. The molecule has 29 heavy (non-hydrogen) atoms. The fourth-order valence-electron chi connectivity index (χ4n) is 3.81. The van der Waals surface area contributed by atoms with Crippen LogP contribution >= 0.6 is 0 Å². The second-order valence-electron chi connectivity index (χ2n) is 7.15. The van der Waals surface area contributed by atoms with Crippen molar-refractivity contribution >= 4 is 0 Å². The minimum atomic E-state index is 0.259. The van der Waals surface area contributed by atoms with Crippen molar-refractivity contribution < 1.29 is 14.2 Å². The molecular weight excluding hydrogens is 366 g/mol. The quantitative estimate of drug-likeness (QED) is 0.536. The van der Waals surface area contributed by atoms with Crippen molar-refractivity contribution in [2.45, 2.75) is 19.0 Å². The van der Waals surface area contributed by atoms with Crippen molar-refractivity contribution in [1.82, 2.24) is 16.2 Å². The van der Waals surface area contributed by atoms with Crippen LogP contribution in [0.15, 0.2) is 49.1 Å². The van der Waals surface area contributed by atoms with Crippen LogP contribution in [0.3, 0.4) is 0 Å². The lowest BCUT2D eigenvalue weighted by Crippen LogP contribution is -2.28. The van der Waals surface area contributed by atoms with E-state index in [0.717, 1.165) is 48.9 Å². The Bertz CT molecular complexity index is 808. The number of methoxy groups -OCH3 is 3. The molecule has 2 unspecified atom stereocenters. The van der Waals surface area contributed by atoms with Crippen LogP contribution in [0.1, 0.15) is 22.7 Å². The van der Waals surface area contributed by atoms with E-state index in [1.54, 1.807) is 21.3 Å². The average molecular weight is 398 g/mol. The van der Waals surface area contributed by atoms with Crippen LogP contribution in [-0.4, -0.2) is 34.4 Å². The molecular formula is C23H31N3O3. The molecule has 1 saturated heterocycles. The second kappa shape index (κ2) is 10.3. The van der Waals surface area contributed by atoms with Gasteiger partial charge in [-0.3, -0.25) is 5.43 Å². The van der Waals surface area contributed by atoms with Crippen LogP contribution in [0.5, 0.6) is 17.2 Å². The van der Waals surface area contributed by atoms with Crippen molar-refractivity contribution in [3.63, 3.8) is 0 Å². The van der Waals surface area contributed by atoms with Gasteiger partial charge in [-0.05, 0) is 35.7 Å². The molecule has 156 valence electrons. The lowest BCUT2D eigenvalue weighted by atomic mass is 9.94. The molecule has 0 amide bonds. The van der Waals surface area contributed by atoms with Gasteiger partial charge in [-0.15, -0.1) is 6.58 Å². The van der Waals surface area contributed by atoms with Crippen molar-refractivity contribution in [3.05, 3.63) is 65.7 Å².